The van der Waals surface area contributed by atoms with E-state index in [0.29, 0.717) is 12.6 Å². The molecule has 0 aliphatic carbocycles. The van der Waals surface area contributed by atoms with Gasteiger partial charge in [0.2, 0.25) is 0 Å². The van der Waals surface area contributed by atoms with Gasteiger partial charge in [0, 0.05) is 36.8 Å². The van der Waals surface area contributed by atoms with E-state index in [-0.39, 0.29) is 6.04 Å². The third kappa shape index (κ3) is 3.43. The summed E-state index contributed by atoms with van der Waals surface area (Å²) < 4.78 is 5.11. The smallest absolute Gasteiger partial charge is 0.185 e. The molecule has 1 aromatic heterocycles. The van der Waals surface area contributed by atoms with Gasteiger partial charge >= 0.3 is 0 Å². The lowest BCUT2D eigenvalue weighted by atomic mass is 10.3. The molecule has 0 radical (unpaired) electrons. The number of aromatic nitrogens is 1. The van der Waals surface area contributed by atoms with Crippen molar-refractivity contribution in [2.24, 2.45) is 5.73 Å². The standard InChI is InChI=1S/C11H21N3OS/c1-8(2)14(5-6-15-4)11-13-7-10(16-11)9(3)12/h7-9H,5-6,12H2,1-4H3. The van der Waals surface area contributed by atoms with Crippen molar-refractivity contribution in [1.29, 1.82) is 0 Å². The number of methoxy groups -OCH3 is 1. The van der Waals surface area contributed by atoms with Crippen LogP contribution in [0.2, 0.25) is 0 Å². The normalized spacial score (nSPS) is 13.1. The molecule has 5 heteroatoms. The molecule has 0 saturated carbocycles. The van der Waals surface area contributed by atoms with Gasteiger partial charge in [0.15, 0.2) is 5.13 Å². The van der Waals surface area contributed by atoms with Gasteiger partial charge in [0.1, 0.15) is 0 Å². The highest BCUT2D eigenvalue weighted by Crippen LogP contribution is 2.27. The third-order valence-corrected chi connectivity index (χ3v) is 3.60. The predicted octanol–water partition coefficient (Wildman–Crippen LogP) is 2.02. The van der Waals surface area contributed by atoms with Gasteiger partial charge in [0.25, 0.3) is 0 Å². The van der Waals surface area contributed by atoms with Crippen molar-refractivity contribution in [2.45, 2.75) is 32.9 Å². The summed E-state index contributed by atoms with van der Waals surface area (Å²) >= 11 is 1.66. The minimum absolute atomic E-state index is 0.0580. The average molecular weight is 243 g/mol. The average Bonchev–Trinajstić information content (AvgIpc) is 2.67. The lowest BCUT2D eigenvalue weighted by molar-refractivity contribution is 0.204. The van der Waals surface area contributed by atoms with Gasteiger partial charge in [-0.1, -0.05) is 0 Å². The summed E-state index contributed by atoms with van der Waals surface area (Å²) in [5.41, 5.74) is 5.83. The first-order chi connectivity index (χ1) is 7.56. The SMILES string of the molecule is COCCN(c1ncc(C(C)N)s1)C(C)C. The van der Waals surface area contributed by atoms with Gasteiger partial charge in [-0.05, 0) is 20.8 Å². The Morgan fingerprint density at radius 1 is 1.50 bits per heavy atom. The molecule has 1 unspecified atom stereocenters. The van der Waals surface area contributed by atoms with Crippen molar-refractivity contribution in [1.82, 2.24) is 4.98 Å². The van der Waals surface area contributed by atoms with Crippen LogP contribution in [0.1, 0.15) is 31.7 Å². The van der Waals surface area contributed by atoms with E-state index in [0.717, 1.165) is 16.6 Å². The lowest BCUT2D eigenvalue weighted by Gasteiger charge is -2.25. The number of thiazole rings is 1. The van der Waals surface area contributed by atoms with Crippen LogP contribution in [0.4, 0.5) is 5.13 Å². The summed E-state index contributed by atoms with van der Waals surface area (Å²) in [6.45, 7) is 7.86. The Kier molecular flexibility index (Phi) is 5.18. The van der Waals surface area contributed by atoms with E-state index in [4.69, 9.17) is 10.5 Å². The molecule has 4 nitrogen and oxygen atoms in total. The molecule has 1 aromatic rings. The first-order valence-electron chi connectivity index (χ1n) is 5.53. The monoisotopic (exact) mass is 243 g/mol. The van der Waals surface area contributed by atoms with Crippen LogP contribution in [-0.4, -0.2) is 31.3 Å². The summed E-state index contributed by atoms with van der Waals surface area (Å²) in [4.78, 5) is 7.78. The van der Waals surface area contributed by atoms with Crippen molar-refractivity contribution in [3.63, 3.8) is 0 Å². The Morgan fingerprint density at radius 3 is 2.62 bits per heavy atom. The molecule has 0 spiro atoms. The second kappa shape index (κ2) is 6.18. The van der Waals surface area contributed by atoms with Crippen LogP contribution in [0, 0.1) is 0 Å². The topological polar surface area (TPSA) is 51.4 Å². The molecule has 0 aromatic carbocycles. The molecular weight excluding hydrogens is 222 g/mol. The Morgan fingerprint density at radius 2 is 2.19 bits per heavy atom. The van der Waals surface area contributed by atoms with Gasteiger partial charge < -0.3 is 15.4 Å². The predicted molar refractivity (Wildman–Crippen MR) is 69.1 cm³/mol. The van der Waals surface area contributed by atoms with E-state index in [1.165, 1.54) is 0 Å². The van der Waals surface area contributed by atoms with Crippen LogP contribution in [0.15, 0.2) is 6.20 Å². The van der Waals surface area contributed by atoms with E-state index in [2.05, 4.69) is 23.7 Å². The van der Waals surface area contributed by atoms with Crippen molar-refractivity contribution in [2.75, 3.05) is 25.2 Å². The zero-order valence-electron chi connectivity index (χ0n) is 10.4. The second-order valence-electron chi connectivity index (χ2n) is 4.11. The fourth-order valence-electron chi connectivity index (χ4n) is 1.38. The molecule has 16 heavy (non-hydrogen) atoms. The van der Waals surface area contributed by atoms with Crippen molar-refractivity contribution in [3.8, 4) is 0 Å². The molecule has 1 rings (SSSR count). The van der Waals surface area contributed by atoms with Gasteiger partial charge in [-0.15, -0.1) is 11.3 Å². The molecule has 0 bridgehead atoms. The molecule has 0 amide bonds. The number of hydrogen-bond acceptors (Lipinski definition) is 5. The fraction of sp³-hybridized carbons (Fsp3) is 0.727. The maximum Gasteiger partial charge on any atom is 0.185 e. The quantitative estimate of drug-likeness (QED) is 0.830. The Balaban J connectivity index is 2.76. The molecule has 92 valence electrons. The van der Waals surface area contributed by atoms with Gasteiger partial charge in [0.05, 0.1) is 6.61 Å². The first kappa shape index (κ1) is 13.4. The van der Waals surface area contributed by atoms with Gasteiger partial charge in [-0.3, -0.25) is 0 Å². The van der Waals surface area contributed by atoms with Crippen molar-refractivity contribution < 1.29 is 4.74 Å². The van der Waals surface area contributed by atoms with E-state index in [9.17, 15) is 0 Å². The van der Waals surface area contributed by atoms with Crippen LogP contribution >= 0.6 is 11.3 Å². The van der Waals surface area contributed by atoms with E-state index >= 15 is 0 Å². The van der Waals surface area contributed by atoms with Crippen LogP contribution in [0.3, 0.4) is 0 Å². The first-order valence-corrected chi connectivity index (χ1v) is 6.34. The van der Waals surface area contributed by atoms with Crippen LogP contribution in [0.25, 0.3) is 0 Å². The van der Waals surface area contributed by atoms with E-state index in [1.807, 2.05) is 13.1 Å². The molecule has 1 atom stereocenters. The van der Waals surface area contributed by atoms with Crippen molar-refractivity contribution >= 4 is 16.5 Å². The minimum atomic E-state index is 0.0580. The number of rotatable bonds is 6. The maximum absolute atomic E-state index is 5.83. The molecule has 0 aliphatic heterocycles. The fourth-order valence-corrected chi connectivity index (χ4v) is 2.41. The zero-order chi connectivity index (χ0) is 12.1. The third-order valence-electron chi connectivity index (χ3n) is 2.37. The number of ether oxygens (including phenoxy) is 1. The lowest BCUT2D eigenvalue weighted by Crippen LogP contribution is -2.33. The highest BCUT2D eigenvalue weighted by Gasteiger charge is 2.15. The summed E-state index contributed by atoms with van der Waals surface area (Å²) in [6.07, 6.45) is 1.87. The number of hydrogen-bond donors (Lipinski definition) is 1. The Hall–Kier alpha value is -0.650. The van der Waals surface area contributed by atoms with Crippen molar-refractivity contribution in [3.05, 3.63) is 11.1 Å². The van der Waals surface area contributed by atoms with E-state index < -0.39 is 0 Å². The largest absolute Gasteiger partial charge is 0.383 e. The van der Waals surface area contributed by atoms with Crippen LogP contribution in [-0.2, 0) is 4.74 Å². The van der Waals surface area contributed by atoms with Gasteiger partial charge in [-0.2, -0.15) is 0 Å². The maximum atomic E-state index is 5.83. The molecule has 1 heterocycles. The highest BCUT2D eigenvalue weighted by molar-refractivity contribution is 7.15. The Labute approximate surface area is 101 Å². The number of anilines is 1. The Bertz CT molecular complexity index is 312. The summed E-state index contributed by atoms with van der Waals surface area (Å²) in [5.74, 6) is 0. The number of nitrogens with zero attached hydrogens (tertiary/aromatic N) is 2. The minimum Gasteiger partial charge on any atom is -0.383 e. The second-order valence-corrected chi connectivity index (χ2v) is 5.15. The van der Waals surface area contributed by atoms with Crippen LogP contribution < -0.4 is 10.6 Å². The highest BCUT2D eigenvalue weighted by atomic mass is 32.1. The number of nitrogens with two attached hydrogens (primary N) is 1. The van der Waals surface area contributed by atoms with Gasteiger partial charge in [-0.25, -0.2) is 4.98 Å². The molecule has 2 N–H and O–H groups in total. The van der Waals surface area contributed by atoms with Crippen LogP contribution in [0.5, 0.6) is 0 Å². The molecule has 0 aliphatic rings. The molecular formula is C11H21N3OS. The summed E-state index contributed by atoms with van der Waals surface area (Å²) in [5, 5.41) is 1.03. The summed E-state index contributed by atoms with van der Waals surface area (Å²) in [6, 6.07) is 0.477. The zero-order valence-corrected chi connectivity index (χ0v) is 11.3. The molecule has 0 saturated heterocycles. The van der Waals surface area contributed by atoms with E-state index in [1.54, 1.807) is 18.4 Å². The molecule has 0 fully saturated rings. The summed E-state index contributed by atoms with van der Waals surface area (Å²) in [7, 11) is 1.72.